The van der Waals surface area contributed by atoms with Crippen LogP contribution < -0.4 is 37.2 Å². The standard InChI is InChI=1S/C15H25Si.3ClH.Ti/c1-5-16(3,4)11-15-12(2)10-13-8-6-7-9-14(13)15;;;;/h15H,5-9,11H2,1-4H3;3*1H;/q-1;;;;+4/p-3. The van der Waals surface area contributed by atoms with Gasteiger partial charge in [-0.3, -0.25) is 0 Å². The molecule has 1 unspecified atom stereocenters. The van der Waals surface area contributed by atoms with Crippen LogP contribution in [0, 0.1) is 12.0 Å². The van der Waals surface area contributed by atoms with E-state index in [9.17, 15) is 0 Å². The van der Waals surface area contributed by atoms with Crippen molar-refractivity contribution in [3.63, 3.8) is 0 Å². The Kier molecular flexibility index (Phi) is 14.3. The van der Waals surface area contributed by atoms with Crippen molar-refractivity contribution < 1.29 is 58.9 Å². The van der Waals surface area contributed by atoms with Crippen LogP contribution >= 0.6 is 0 Å². The van der Waals surface area contributed by atoms with E-state index in [-0.39, 0.29) is 58.9 Å². The van der Waals surface area contributed by atoms with E-state index in [2.05, 4.69) is 33.0 Å². The second-order valence-corrected chi connectivity index (χ2v) is 11.7. The van der Waals surface area contributed by atoms with Gasteiger partial charge in [0, 0.05) is 8.07 Å². The second kappa shape index (κ2) is 10.9. The Labute approximate surface area is 159 Å². The summed E-state index contributed by atoms with van der Waals surface area (Å²) in [7, 11) is -0.955. The van der Waals surface area contributed by atoms with Crippen LogP contribution in [0.4, 0.5) is 0 Å². The van der Waals surface area contributed by atoms with Gasteiger partial charge in [-0.25, -0.2) is 17.2 Å². The molecule has 0 radical (unpaired) electrons. The number of rotatable bonds is 3. The largest absolute Gasteiger partial charge is 4.00 e. The van der Waals surface area contributed by atoms with E-state index in [1.165, 1.54) is 37.8 Å². The number of allylic oxidation sites excluding steroid dienone is 4. The number of halogens is 3. The molecule has 1 atom stereocenters. The summed E-state index contributed by atoms with van der Waals surface area (Å²) in [6, 6.07) is 2.88. The molecule has 0 heterocycles. The zero-order valence-corrected chi connectivity index (χ0v) is 17.8. The smallest absolute Gasteiger partial charge is 1.00 e. The minimum atomic E-state index is -0.955. The molecule has 0 aromatic carbocycles. The number of hydrogen-bond donors (Lipinski definition) is 0. The summed E-state index contributed by atoms with van der Waals surface area (Å²) in [5, 5.41) is 0. The molecule has 0 aromatic heterocycles. The van der Waals surface area contributed by atoms with Gasteiger partial charge in [-0.05, 0) is 0 Å². The van der Waals surface area contributed by atoms with Gasteiger partial charge < -0.3 is 37.2 Å². The van der Waals surface area contributed by atoms with Crippen LogP contribution in [0.3, 0.4) is 0 Å². The summed E-state index contributed by atoms with van der Waals surface area (Å²) in [4.78, 5) is 0. The third-order valence-corrected chi connectivity index (χ3v) is 7.94. The Morgan fingerprint density at radius 2 is 1.65 bits per heavy atom. The molecule has 0 bridgehead atoms. The maximum atomic E-state index is 3.67. The summed E-state index contributed by atoms with van der Waals surface area (Å²) < 4.78 is 0. The molecule has 0 spiro atoms. The SMILES string of the molecule is CC[Si](C)(C)CC1C(C)=[C-]C2=C1CCCC2.[Cl-].[Cl-].[Cl-].[Ti+4]. The van der Waals surface area contributed by atoms with Crippen molar-refractivity contribution in [3.8, 4) is 0 Å². The molecule has 2 aliphatic rings. The quantitative estimate of drug-likeness (QED) is 0.342. The topological polar surface area (TPSA) is 0 Å². The van der Waals surface area contributed by atoms with Crippen molar-refractivity contribution in [1.82, 2.24) is 0 Å². The maximum Gasteiger partial charge on any atom is 4.00 e. The minimum Gasteiger partial charge on any atom is -1.00 e. The number of hydrogen-bond acceptors (Lipinski definition) is 0. The van der Waals surface area contributed by atoms with E-state index in [1.807, 2.05) is 0 Å². The summed E-state index contributed by atoms with van der Waals surface area (Å²) in [6.45, 7) is 9.77. The Balaban J connectivity index is -0.000000722. The first-order valence-electron chi connectivity index (χ1n) is 6.86. The second-order valence-electron chi connectivity index (χ2n) is 6.29. The van der Waals surface area contributed by atoms with Gasteiger partial charge in [-0.2, -0.15) is 5.57 Å². The first-order valence-corrected chi connectivity index (χ1v) is 10.3. The Bertz CT molecular complexity index is 351. The van der Waals surface area contributed by atoms with Crippen LogP contribution in [0.2, 0.25) is 25.2 Å². The molecule has 0 aromatic rings. The van der Waals surface area contributed by atoms with Gasteiger partial charge in [0.25, 0.3) is 0 Å². The van der Waals surface area contributed by atoms with Gasteiger partial charge in [0.1, 0.15) is 0 Å². The van der Waals surface area contributed by atoms with Gasteiger partial charge in [0.2, 0.25) is 0 Å². The molecular formula is C15H25Cl3SiTi. The normalized spacial score (nSPS) is 20.6. The van der Waals surface area contributed by atoms with Crippen LogP contribution in [0.5, 0.6) is 0 Å². The van der Waals surface area contributed by atoms with Gasteiger partial charge in [0.05, 0.1) is 0 Å². The van der Waals surface area contributed by atoms with Gasteiger partial charge >= 0.3 is 21.7 Å². The maximum absolute atomic E-state index is 3.67. The van der Waals surface area contributed by atoms with Crippen molar-refractivity contribution in [2.45, 2.75) is 64.7 Å². The molecular weight excluding hydrogens is 362 g/mol. The average Bonchev–Trinajstić information content (AvgIpc) is 2.56. The van der Waals surface area contributed by atoms with Crippen LogP contribution in [-0.4, -0.2) is 8.07 Å². The molecule has 0 N–H and O–H groups in total. The Hall–Kier alpha value is 1.28. The Morgan fingerprint density at radius 3 is 2.20 bits per heavy atom. The van der Waals surface area contributed by atoms with Crippen molar-refractivity contribution in [3.05, 3.63) is 22.8 Å². The van der Waals surface area contributed by atoms with E-state index < -0.39 is 8.07 Å². The molecule has 2 aliphatic carbocycles. The summed E-state index contributed by atoms with van der Waals surface area (Å²) in [5.74, 6) is 0.789. The Morgan fingerprint density at radius 1 is 1.10 bits per heavy atom. The monoisotopic (exact) mass is 386 g/mol. The fourth-order valence-corrected chi connectivity index (χ4v) is 4.96. The van der Waals surface area contributed by atoms with E-state index in [4.69, 9.17) is 0 Å². The predicted octanol–water partition coefficient (Wildman–Crippen LogP) is -4.03. The van der Waals surface area contributed by atoms with E-state index in [1.54, 1.807) is 16.7 Å². The van der Waals surface area contributed by atoms with E-state index >= 15 is 0 Å². The van der Waals surface area contributed by atoms with Crippen molar-refractivity contribution in [2.24, 2.45) is 5.92 Å². The average molecular weight is 388 g/mol. The van der Waals surface area contributed by atoms with Gasteiger partial charge in [-0.1, -0.05) is 70.6 Å². The van der Waals surface area contributed by atoms with Crippen molar-refractivity contribution >= 4 is 8.07 Å². The molecule has 5 heteroatoms. The van der Waals surface area contributed by atoms with E-state index in [0.29, 0.717) is 0 Å². The fraction of sp³-hybridized carbons (Fsp3) is 0.733. The van der Waals surface area contributed by atoms with Gasteiger partial charge in [0.15, 0.2) is 0 Å². The van der Waals surface area contributed by atoms with Crippen LogP contribution in [-0.2, 0) is 21.7 Å². The molecule has 20 heavy (non-hydrogen) atoms. The van der Waals surface area contributed by atoms with Gasteiger partial charge in [-0.15, -0.1) is 0 Å². The first-order chi connectivity index (χ1) is 7.53. The zero-order valence-electron chi connectivity index (χ0n) is 13.0. The van der Waals surface area contributed by atoms with Crippen LogP contribution in [0.25, 0.3) is 0 Å². The molecule has 0 nitrogen and oxygen atoms in total. The molecule has 0 aliphatic heterocycles. The summed E-state index contributed by atoms with van der Waals surface area (Å²) >= 11 is 0. The molecule has 0 saturated carbocycles. The third kappa shape index (κ3) is 6.18. The van der Waals surface area contributed by atoms with Crippen molar-refractivity contribution in [1.29, 1.82) is 0 Å². The van der Waals surface area contributed by atoms with E-state index in [0.717, 1.165) is 5.92 Å². The molecule has 0 saturated heterocycles. The minimum absolute atomic E-state index is 0. The van der Waals surface area contributed by atoms with Crippen molar-refractivity contribution in [2.75, 3.05) is 0 Å². The summed E-state index contributed by atoms with van der Waals surface area (Å²) in [6.07, 6.45) is 9.14. The molecule has 114 valence electrons. The summed E-state index contributed by atoms with van der Waals surface area (Å²) in [5.41, 5.74) is 4.91. The predicted molar refractivity (Wildman–Crippen MR) is 74.2 cm³/mol. The molecule has 0 amide bonds. The van der Waals surface area contributed by atoms with Crippen LogP contribution in [0.15, 0.2) is 16.7 Å². The third-order valence-electron chi connectivity index (χ3n) is 4.52. The fourth-order valence-electron chi connectivity index (χ4n) is 3.02. The molecule has 2 rings (SSSR count). The first kappa shape index (κ1) is 26.2. The zero-order chi connectivity index (χ0) is 11.8. The molecule has 0 fully saturated rings. The van der Waals surface area contributed by atoms with Crippen LogP contribution in [0.1, 0.15) is 39.5 Å².